The van der Waals surface area contributed by atoms with Gasteiger partial charge in [0.1, 0.15) is 5.76 Å². The molecule has 1 amide bonds. The number of aromatic nitrogens is 1. The average molecular weight is 538 g/mol. The van der Waals surface area contributed by atoms with Gasteiger partial charge in [-0.3, -0.25) is 14.0 Å². The number of nitrogens with zero attached hydrogens (tertiary/aromatic N) is 2. The molecule has 1 aromatic carbocycles. The minimum absolute atomic E-state index is 0.152. The summed E-state index contributed by atoms with van der Waals surface area (Å²) in [5, 5.41) is 2.58. The molecule has 1 N–H and O–H groups in total. The standard InChI is InChI=1S/C20H22N2O3S.C7H9N.2C2H6/c1-5-7-8-17(6-2)26(24)13-18-14(3)25-20(22-18)16-11-9-15(10-12-16)19(23)21-4;1-3-5-7-8-6-4-2;2*1-2/h5-12H,2,13H2,1,3-4H3,(H,21,23);3-7H,1-2H2;2*1-2H3/b7-5-,17-8+;7-5-,8-6?;;. The van der Waals surface area contributed by atoms with Crippen LogP contribution in [0.4, 0.5) is 0 Å². The van der Waals surface area contributed by atoms with E-state index in [9.17, 15) is 9.00 Å². The van der Waals surface area contributed by atoms with Crippen LogP contribution in [0.15, 0.2) is 107 Å². The van der Waals surface area contributed by atoms with Crippen molar-refractivity contribution in [2.45, 2.75) is 47.3 Å². The van der Waals surface area contributed by atoms with Gasteiger partial charge in [-0.1, -0.05) is 77.8 Å². The number of hydrogen-bond acceptors (Lipinski definition) is 5. The fraction of sp³-hybridized carbons (Fsp3) is 0.258. The number of rotatable bonds is 10. The van der Waals surface area contributed by atoms with Gasteiger partial charge >= 0.3 is 0 Å². The number of amides is 1. The lowest BCUT2D eigenvalue weighted by Crippen LogP contribution is -2.17. The first-order valence-corrected chi connectivity index (χ1v) is 13.8. The summed E-state index contributed by atoms with van der Waals surface area (Å²) in [5.74, 6) is 1.16. The van der Waals surface area contributed by atoms with E-state index in [1.54, 1.807) is 81.0 Å². The van der Waals surface area contributed by atoms with Gasteiger partial charge in [0.2, 0.25) is 5.89 Å². The number of hydrogen-bond donors (Lipinski definition) is 1. The first-order valence-electron chi connectivity index (χ1n) is 12.5. The van der Waals surface area contributed by atoms with E-state index >= 15 is 0 Å². The van der Waals surface area contributed by atoms with Gasteiger partial charge in [-0.25, -0.2) is 4.98 Å². The molecule has 0 spiro atoms. The summed E-state index contributed by atoms with van der Waals surface area (Å²) in [4.78, 5) is 20.5. The predicted molar refractivity (Wildman–Crippen MR) is 166 cm³/mol. The summed E-state index contributed by atoms with van der Waals surface area (Å²) in [6, 6.07) is 6.97. The van der Waals surface area contributed by atoms with Crippen LogP contribution in [0.2, 0.25) is 0 Å². The van der Waals surface area contributed by atoms with Gasteiger partial charge in [0, 0.05) is 35.5 Å². The molecule has 0 saturated carbocycles. The number of aliphatic imine (C=N–C) groups is 1. The highest BCUT2D eigenvalue weighted by Crippen LogP contribution is 2.24. The highest BCUT2D eigenvalue weighted by Gasteiger charge is 2.15. The third-order valence-corrected chi connectivity index (χ3v) is 5.56. The van der Waals surface area contributed by atoms with Crippen molar-refractivity contribution in [1.82, 2.24) is 10.3 Å². The van der Waals surface area contributed by atoms with Crippen molar-refractivity contribution in [3.05, 3.63) is 115 Å². The van der Waals surface area contributed by atoms with E-state index in [-0.39, 0.29) is 11.7 Å². The second kappa shape index (κ2) is 23.6. The lowest BCUT2D eigenvalue weighted by molar-refractivity contribution is 0.0963. The summed E-state index contributed by atoms with van der Waals surface area (Å²) in [5.41, 5.74) is 1.96. The van der Waals surface area contributed by atoms with Crippen LogP contribution >= 0.6 is 0 Å². The normalized spacial score (nSPS) is 11.4. The van der Waals surface area contributed by atoms with Crippen molar-refractivity contribution < 1.29 is 13.4 Å². The first-order chi connectivity index (χ1) is 18.4. The molecule has 2 aromatic rings. The molecule has 0 bridgehead atoms. The Balaban J connectivity index is 0. The first kappa shape index (κ1) is 36.3. The Hall–Kier alpha value is -3.84. The van der Waals surface area contributed by atoms with Gasteiger partial charge < -0.3 is 9.73 Å². The van der Waals surface area contributed by atoms with Gasteiger partial charge in [-0.05, 0) is 50.3 Å². The monoisotopic (exact) mass is 537 g/mol. The number of oxazole rings is 1. The smallest absolute Gasteiger partial charge is 0.251 e. The van der Waals surface area contributed by atoms with Crippen LogP contribution in [-0.2, 0) is 16.6 Å². The Labute approximate surface area is 231 Å². The van der Waals surface area contributed by atoms with Gasteiger partial charge in [0.15, 0.2) is 0 Å². The molecule has 38 heavy (non-hydrogen) atoms. The lowest BCUT2D eigenvalue weighted by atomic mass is 10.1. The van der Waals surface area contributed by atoms with Crippen molar-refractivity contribution in [3.8, 4) is 11.5 Å². The minimum atomic E-state index is -1.26. The maximum atomic E-state index is 12.5. The van der Waals surface area contributed by atoms with Crippen LogP contribution in [0.3, 0.4) is 0 Å². The second-order valence-electron chi connectivity index (χ2n) is 6.58. The Morgan fingerprint density at radius 1 is 1.08 bits per heavy atom. The highest BCUT2D eigenvalue weighted by molar-refractivity contribution is 7.88. The van der Waals surface area contributed by atoms with E-state index in [1.165, 1.54) is 0 Å². The molecule has 206 valence electrons. The van der Waals surface area contributed by atoms with Crippen molar-refractivity contribution in [1.29, 1.82) is 0 Å². The van der Waals surface area contributed by atoms with Gasteiger partial charge in [0.05, 0.1) is 22.2 Å². The SMILES string of the molecule is C=C/C(=C\C=C/C)S(=O)Cc1nc(-c2ccc(C(=O)NC)cc2)oc1C.C=CC=N/C=C\C=C.CC.CC. The number of allylic oxidation sites excluding steroid dienone is 7. The topological polar surface area (TPSA) is 84.6 Å². The highest BCUT2D eigenvalue weighted by atomic mass is 32.2. The average Bonchev–Trinajstić information content (AvgIpc) is 3.33. The molecule has 0 radical (unpaired) electrons. The van der Waals surface area contributed by atoms with Crippen LogP contribution in [0, 0.1) is 6.92 Å². The number of benzene rings is 1. The number of nitrogens with one attached hydrogen (secondary N) is 1. The Morgan fingerprint density at radius 3 is 2.21 bits per heavy atom. The molecule has 6 nitrogen and oxygen atoms in total. The summed E-state index contributed by atoms with van der Waals surface area (Å²) < 4.78 is 18.2. The van der Waals surface area contributed by atoms with Crippen LogP contribution < -0.4 is 5.32 Å². The van der Waals surface area contributed by atoms with E-state index < -0.39 is 10.8 Å². The third-order valence-electron chi connectivity index (χ3n) is 4.20. The molecule has 1 aromatic heterocycles. The molecular formula is C31H43N3O3S. The molecule has 0 aliphatic heterocycles. The number of aryl methyl sites for hydroxylation is 1. The zero-order valence-corrected chi connectivity index (χ0v) is 24.7. The maximum Gasteiger partial charge on any atom is 0.251 e. The molecule has 2 rings (SSSR count). The van der Waals surface area contributed by atoms with Crippen LogP contribution in [0.25, 0.3) is 11.5 Å². The van der Waals surface area contributed by atoms with E-state index in [4.69, 9.17) is 4.42 Å². The van der Waals surface area contributed by atoms with Gasteiger partial charge in [-0.15, -0.1) is 0 Å². The van der Waals surface area contributed by atoms with Gasteiger partial charge in [-0.2, -0.15) is 0 Å². The summed E-state index contributed by atoms with van der Waals surface area (Å²) in [6.45, 7) is 22.3. The number of carbonyl (C=O) groups excluding carboxylic acids is 1. The summed E-state index contributed by atoms with van der Waals surface area (Å²) in [7, 11) is 0.327. The minimum Gasteiger partial charge on any atom is -0.441 e. The van der Waals surface area contributed by atoms with Crippen LogP contribution in [0.5, 0.6) is 0 Å². The van der Waals surface area contributed by atoms with Crippen LogP contribution in [0.1, 0.15) is 56.4 Å². The van der Waals surface area contributed by atoms with E-state index in [2.05, 4.69) is 35.0 Å². The second-order valence-corrected chi connectivity index (χ2v) is 8.03. The summed E-state index contributed by atoms with van der Waals surface area (Å²) in [6.07, 6.45) is 15.3. The Kier molecular flexibility index (Phi) is 22.5. The molecule has 1 atom stereocenters. The maximum absolute atomic E-state index is 12.5. The molecule has 0 fully saturated rings. The zero-order valence-electron chi connectivity index (χ0n) is 23.9. The van der Waals surface area contributed by atoms with Crippen molar-refractivity contribution in [2.24, 2.45) is 4.99 Å². The molecule has 0 saturated heterocycles. The third kappa shape index (κ3) is 14.0. The molecule has 0 aliphatic carbocycles. The van der Waals surface area contributed by atoms with E-state index in [0.717, 1.165) is 5.56 Å². The summed E-state index contributed by atoms with van der Waals surface area (Å²) >= 11 is 0. The van der Waals surface area contributed by atoms with E-state index in [0.29, 0.717) is 27.8 Å². The molecule has 7 heteroatoms. The molecular weight excluding hydrogens is 494 g/mol. The lowest BCUT2D eigenvalue weighted by Gasteiger charge is -2.00. The van der Waals surface area contributed by atoms with Crippen LogP contribution in [-0.4, -0.2) is 28.4 Å². The zero-order chi connectivity index (χ0) is 29.3. The number of carbonyl (C=O) groups is 1. The fourth-order valence-electron chi connectivity index (χ4n) is 2.45. The molecule has 1 unspecified atom stereocenters. The van der Waals surface area contributed by atoms with Crippen molar-refractivity contribution in [2.75, 3.05) is 7.05 Å². The molecule has 1 heterocycles. The van der Waals surface area contributed by atoms with Gasteiger partial charge in [0.25, 0.3) is 5.91 Å². The fourth-order valence-corrected chi connectivity index (χ4v) is 3.55. The largest absolute Gasteiger partial charge is 0.441 e. The van der Waals surface area contributed by atoms with E-state index in [1.807, 2.05) is 46.8 Å². The quantitative estimate of drug-likeness (QED) is 0.247. The predicted octanol–water partition coefficient (Wildman–Crippen LogP) is 7.90. The molecule has 0 aliphatic rings. The van der Waals surface area contributed by atoms with Crippen molar-refractivity contribution in [3.63, 3.8) is 0 Å². The van der Waals surface area contributed by atoms with Crippen molar-refractivity contribution >= 4 is 22.9 Å². The Morgan fingerprint density at radius 2 is 1.71 bits per heavy atom. The Bertz CT molecular complexity index is 1110.